The summed E-state index contributed by atoms with van der Waals surface area (Å²) < 4.78 is 13.7. The van der Waals surface area contributed by atoms with Crippen LogP contribution in [-0.2, 0) is 11.2 Å². The van der Waals surface area contributed by atoms with Crippen molar-refractivity contribution in [1.29, 1.82) is 0 Å². The minimum Gasteiger partial charge on any atom is -0.396 e. The number of carbonyl (C=O) groups excluding carboxylic acids is 1. The number of aliphatic hydroxyl groups excluding tert-OH is 1. The van der Waals surface area contributed by atoms with E-state index in [4.69, 9.17) is 0 Å². The molecular formula is C18H24FNO2. The first-order valence-corrected chi connectivity index (χ1v) is 8.24. The lowest BCUT2D eigenvalue weighted by Gasteiger charge is -2.42. The fourth-order valence-corrected chi connectivity index (χ4v) is 3.63. The van der Waals surface area contributed by atoms with Gasteiger partial charge in [-0.05, 0) is 36.8 Å². The number of amides is 1. The van der Waals surface area contributed by atoms with Gasteiger partial charge in [0.25, 0.3) is 0 Å². The van der Waals surface area contributed by atoms with Gasteiger partial charge in [-0.3, -0.25) is 4.79 Å². The molecule has 1 aliphatic heterocycles. The summed E-state index contributed by atoms with van der Waals surface area (Å²) in [5.74, 6) is 0.381. The van der Waals surface area contributed by atoms with Crippen LogP contribution in [-0.4, -0.2) is 35.6 Å². The van der Waals surface area contributed by atoms with E-state index in [1.807, 2.05) is 4.90 Å². The fraction of sp³-hybridized carbons (Fsp3) is 0.611. The average Bonchev–Trinajstić information content (AvgIpc) is 3.33. The van der Waals surface area contributed by atoms with Gasteiger partial charge in [-0.25, -0.2) is 4.39 Å². The molecule has 1 heterocycles. The third-order valence-corrected chi connectivity index (χ3v) is 5.07. The van der Waals surface area contributed by atoms with E-state index in [0.717, 1.165) is 31.7 Å². The Morgan fingerprint density at radius 2 is 2.14 bits per heavy atom. The number of nitrogens with zero attached hydrogens (tertiary/aromatic N) is 1. The van der Waals surface area contributed by atoms with Crippen molar-refractivity contribution in [3.63, 3.8) is 0 Å². The van der Waals surface area contributed by atoms with E-state index in [0.29, 0.717) is 12.1 Å². The molecule has 2 aliphatic rings. The molecule has 1 aliphatic carbocycles. The Labute approximate surface area is 131 Å². The van der Waals surface area contributed by atoms with Crippen LogP contribution in [0.25, 0.3) is 0 Å². The molecule has 0 spiro atoms. The SMILES string of the molecule is O=C(Cc1ccccc1F)N1CCC[C@](CO)(CC2CC2)C1. The Balaban J connectivity index is 1.65. The van der Waals surface area contributed by atoms with E-state index in [1.54, 1.807) is 18.2 Å². The Morgan fingerprint density at radius 1 is 1.36 bits per heavy atom. The number of aliphatic hydroxyl groups is 1. The van der Waals surface area contributed by atoms with Gasteiger partial charge in [0, 0.05) is 18.5 Å². The Kier molecular flexibility index (Phi) is 4.48. The molecule has 2 fully saturated rings. The first kappa shape index (κ1) is 15.5. The Morgan fingerprint density at radius 3 is 2.82 bits per heavy atom. The summed E-state index contributed by atoms with van der Waals surface area (Å²) in [7, 11) is 0. The number of benzene rings is 1. The summed E-state index contributed by atoms with van der Waals surface area (Å²) in [5.41, 5.74) is 0.319. The van der Waals surface area contributed by atoms with Crippen molar-refractivity contribution >= 4 is 5.91 Å². The first-order chi connectivity index (χ1) is 10.6. The lowest BCUT2D eigenvalue weighted by atomic mass is 9.76. The smallest absolute Gasteiger partial charge is 0.227 e. The molecule has 1 aromatic carbocycles. The number of carbonyl (C=O) groups is 1. The third-order valence-electron chi connectivity index (χ3n) is 5.07. The van der Waals surface area contributed by atoms with Crippen LogP contribution in [0.4, 0.5) is 4.39 Å². The molecule has 1 atom stereocenters. The predicted molar refractivity (Wildman–Crippen MR) is 82.8 cm³/mol. The summed E-state index contributed by atoms with van der Waals surface area (Å²) in [4.78, 5) is 14.3. The Hall–Kier alpha value is -1.42. The molecule has 0 aromatic heterocycles. The maximum Gasteiger partial charge on any atom is 0.227 e. The van der Waals surface area contributed by atoms with E-state index in [1.165, 1.54) is 18.9 Å². The largest absolute Gasteiger partial charge is 0.396 e. The molecule has 3 rings (SSSR count). The first-order valence-electron chi connectivity index (χ1n) is 8.24. The minimum absolute atomic E-state index is 0.0292. The molecule has 0 unspecified atom stereocenters. The monoisotopic (exact) mass is 305 g/mol. The second-order valence-electron chi connectivity index (χ2n) is 6.99. The highest BCUT2D eigenvalue weighted by atomic mass is 19.1. The van der Waals surface area contributed by atoms with Crippen LogP contribution in [0, 0.1) is 17.2 Å². The summed E-state index contributed by atoms with van der Waals surface area (Å²) in [6, 6.07) is 6.45. The van der Waals surface area contributed by atoms with Crippen molar-refractivity contribution < 1.29 is 14.3 Å². The van der Waals surface area contributed by atoms with Crippen LogP contribution in [0.3, 0.4) is 0 Å². The molecule has 4 heteroatoms. The van der Waals surface area contributed by atoms with Crippen LogP contribution in [0.5, 0.6) is 0 Å². The van der Waals surface area contributed by atoms with Gasteiger partial charge in [-0.1, -0.05) is 31.0 Å². The van der Waals surface area contributed by atoms with Gasteiger partial charge < -0.3 is 10.0 Å². The molecular weight excluding hydrogens is 281 g/mol. The molecule has 1 amide bonds. The van der Waals surface area contributed by atoms with Crippen molar-refractivity contribution in [3.05, 3.63) is 35.6 Å². The van der Waals surface area contributed by atoms with Crippen molar-refractivity contribution in [2.24, 2.45) is 11.3 Å². The number of hydrogen-bond donors (Lipinski definition) is 1. The second kappa shape index (κ2) is 6.37. The molecule has 22 heavy (non-hydrogen) atoms. The van der Waals surface area contributed by atoms with Crippen LogP contribution >= 0.6 is 0 Å². The van der Waals surface area contributed by atoms with Gasteiger partial charge in [0.2, 0.25) is 5.91 Å². The van der Waals surface area contributed by atoms with Crippen molar-refractivity contribution in [2.75, 3.05) is 19.7 Å². The van der Waals surface area contributed by atoms with Crippen LogP contribution < -0.4 is 0 Å². The van der Waals surface area contributed by atoms with E-state index in [-0.39, 0.29) is 30.2 Å². The molecule has 120 valence electrons. The molecule has 1 saturated carbocycles. The zero-order chi connectivity index (χ0) is 15.6. The average molecular weight is 305 g/mol. The van der Waals surface area contributed by atoms with E-state index in [2.05, 4.69) is 0 Å². The summed E-state index contributed by atoms with van der Waals surface area (Å²) in [6.07, 6.45) is 5.56. The highest BCUT2D eigenvalue weighted by Crippen LogP contribution is 2.44. The predicted octanol–water partition coefficient (Wildman–Crippen LogP) is 2.77. The number of rotatable bonds is 5. The molecule has 1 N–H and O–H groups in total. The van der Waals surface area contributed by atoms with Gasteiger partial charge in [0.1, 0.15) is 5.82 Å². The van der Waals surface area contributed by atoms with E-state index in [9.17, 15) is 14.3 Å². The van der Waals surface area contributed by atoms with Gasteiger partial charge in [-0.15, -0.1) is 0 Å². The zero-order valence-corrected chi connectivity index (χ0v) is 12.9. The minimum atomic E-state index is -0.320. The number of likely N-dealkylation sites (tertiary alicyclic amines) is 1. The molecule has 0 radical (unpaired) electrons. The normalized spacial score (nSPS) is 25.3. The molecule has 1 aromatic rings. The second-order valence-corrected chi connectivity index (χ2v) is 6.99. The maximum absolute atomic E-state index is 13.7. The quantitative estimate of drug-likeness (QED) is 0.909. The summed E-state index contributed by atoms with van der Waals surface area (Å²) >= 11 is 0. The summed E-state index contributed by atoms with van der Waals surface area (Å²) in [5, 5.41) is 9.85. The van der Waals surface area contributed by atoms with Crippen molar-refractivity contribution in [3.8, 4) is 0 Å². The van der Waals surface area contributed by atoms with E-state index < -0.39 is 0 Å². The number of piperidine rings is 1. The third kappa shape index (κ3) is 3.49. The van der Waals surface area contributed by atoms with Crippen LogP contribution in [0.15, 0.2) is 24.3 Å². The Bertz CT molecular complexity index is 544. The summed E-state index contributed by atoms with van der Waals surface area (Å²) in [6.45, 7) is 1.49. The number of halogens is 1. The molecule has 3 nitrogen and oxygen atoms in total. The highest BCUT2D eigenvalue weighted by molar-refractivity contribution is 5.79. The zero-order valence-electron chi connectivity index (χ0n) is 12.9. The topological polar surface area (TPSA) is 40.5 Å². The maximum atomic E-state index is 13.7. The standard InChI is InChI=1S/C18H24FNO2/c19-16-5-2-1-4-15(16)10-17(22)20-9-3-8-18(12-20,13-21)11-14-6-7-14/h1-2,4-5,14,21H,3,6-13H2/t18-/m0/s1. The molecule has 1 saturated heterocycles. The molecule has 0 bridgehead atoms. The van der Waals surface area contributed by atoms with Crippen LogP contribution in [0.2, 0.25) is 0 Å². The lowest BCUT2D eigenvalue weighted by molar-refractivity contribution is -0.135. The highest BCUT2D eigenvalue weighted by Gasteiger charge is 2.40. The van der Waals surface area contributed by atoms with Crippen LogP contribution in [0.1, 0.15) is 37.7 Å². The van der Waals surface area contributed by atoms with Gasteiger partial charge in [-0.2, -0.15) is 0 Å². The van der Waals surface area contributed by atoms with Gasteiger partial charge in [0.15, 0.2) is 0 Å². The van der Waals surface area contributed by atoms with E-state index >= 15 is 0 Å². The van der Waals surface area contributed by atoms with Gasteiger partial charge in [0.05, 0.1) is 13.0 Å². The fourth-order valence-electron chi connectivity index (χ4n) is 3.63. The van der Waals surface area contributed by atoms with Crippen molar-refractivity contribution in [2.45, 2.75) is 38.5 Å². The van der Waals surface area contributed by atoms with Gasteiger partial charge >= 0.3 is 0 Å². The number of hydrogen-bond acceptors (Lipinski definition) is 2. The lowest BCUT2D eigenvalue weighted by Crippen LogP contribution is -2.48. The van der Waals surface area contributed by atoms with Crippen molar-refractivity contribution in [1.82, 2.24) is 4.90 Å².